The van der Waals surface area contributed by atoms with Gasteiger partial charge in [0, 0.05) is 39.4 Å². The summed E-state index contributed by atoms with van der Waals surface area (Å²) in [7, 11) is 0. The third-order valence-corrected chi connectivity index (χ3v) is 21.6. The topological polar surface area (TPSA) is 0 Å². The van der Waals surface area contributed by atoms with Crippen molar-refractivity contribution in [1.29, 1.82) is 0 Å². The maximum absolute atomic E-state index is 4.05. The Morgan fingerprint density at radius 2 is 0.977 bits per heavy atom. The van der Waals surface area contributed by atoms with E-state index in [0.29, 0.717) is 9.16 Å². The highest BCUT2D eigenvalue weighted by Gasteiger charge is 2.32. The van der Waals surface area contributed by atoms with E-state index in [0.717, 1.165) is 36.2 Å². The molecule has 6 aliphatic rings. The van der Waals surface area contributed by atoms with E-state index in [1.54, 1.807) is 19.6 Å². The van der Waals surface area contributed by atoms with Crippen LogP contribution in [0.3, 0.4) is 0 Å². The molecule has 4 atom stereocenters. The molecule has 2 fully saturated rings. The van der Waals surface area contributed by atoms with Crippen molar-refractivity contribution >= 4 is 126 Å². The summed E-state index contributed by atoms with van der Waals surface area (Å²) in [5, 5.41) is 1.44. The highest BCUT2D eigenvalue weighted by Crippen LogP contribution is 2.52. The Morgan fingerprint density at radius 1 is 0.591 bits per heavy atom. The lowest BCUT2D eigenvalue weighted by Crippen LogP contribution is -2.24. The van der Waals surface area contributed by atoms with Crippen molar-refractivity contribution in [2.45, 2.75) is 73.0 Å². The quantitative estimate of drug-likeness (QED) is 0.254. The molecule has 2 aromatic carbocycles. The molecule has 4 bridgehead atoms. The lowest BCUT2D eigenvalue weighted by Gasteiger charge is -2.32. The largest absolute Gasteiger partial charge is 0.156 e. The third-order valence-electron chi connectivity index (χ3n) is 7.69. The summed E-state index contributed by atoms with van der Waals surface area (Å²) in [5.74, 6) is 7.19. The SMILES string of the molecule is CCSC1CS/C(=C2\Cc3ccc(cc3)C/C(=C3\SCC(SCC)C(SCC)S3)Cc3cc(Br)c(cc3Br)C2)SC1SCC. The molecule has 0 saturated carbocycles. The monoisotopic (exact) mass is 864 g/mol. The zero-order valence-corrected chi connectivity index (χ0v) is 35.6. The minimum atomic E-state index is 0.634. The van der Waals surface area contributed by atoms with Crippen LogP contribution in [0.5, 0.6) is 0 Å². The normalized spacial score (nSPS) is 28.0. The van der Waals surface area contributed by atoms with Gasteiger partial charge in [0.2, 0.25) is 0 Å². The molecule has 2 aromatic rings. The van der Waals surface area contributed by atoms with E-state index in [1.165, 1.54) is 65.7 Å². The molecule has 44 heavy (non-hydrogen) atoms. The van der Waals surface area contributed by atoms with Crippen molar-refractivity contribution in [2.24, 2.45) is 0 Å². The standard InChI is InChI=1S/C34H42Br2S8/c1-5-37-29-19-41-31(43-33(29)39-7-3)25-13-21-9-11-22(12-10-21)14-26(16-24-18-27(35)23(15-25)17-28(24)36)32-42-20-30(38-6-2)34(44-32)40-8-4/h9-12,17-18,29-30,33-34H,5-8,13-16,19-20H2,1-4H3/b31-25-,32-26-. The van der Waals surface area contributed by atoms with E-state index in [2.05, 4.69) is 190 Å². The maximum atomic E-state index is 4.05. The van der Waals surface area contributed by atoms with E-state index in [9.17, 15) is 0 Å². The molecule has 2 aliphatic heterocycles. The van der Waals surface area contributed by atoms with E-state index in [1.807, 2.05) is 0 Å². The van der Waals surface area contributed by atoms with Crippen molar-refractivity contribution in [1.82, 2.24) is 0 Å². The fourth-order valence-corrected chi connectivity index (χ4v) is 19.7. The summed E-state index contributed by atoms with van der Waals surface area (Å²) in [5.41, 5.74) is 8.78. The van der Waals surface area contributed by atoms with Gasteiger partial charge in [0.15, 0.2) is 0 Å². The average Bonchev–Trinajstić information content (AvgIpc) is 3.01. The summed E-state index contributed by atoms with van der Waals surface area (Å²) < 4.78 is 6.88. The molecule has 10 heteroatoms. The molecule has 0 aromatic heterocycles. The van der Waals surface area contributed by atoms with Gasteiger partial charge in [-0.3, -0.25) is 0 Å². The Hall–Kier alpha value is 1.68. The first-order valence-corrected chi connectivity index (χ1v) is 25.0. The van der Waals surface area contributed by atoms with Gasteiger partial charge in [0.25, 0.3) is 0 Å². The van der Waals surface area contributed by atoms with Crippen LogP contribution < -0.4 is 0 Å². The van der Waals surface area contributed by atoms with Gasteiger partial charge in [-0.15, -0.1) is 70.6 Å². The average molecular weight is 867 g/mol. The van der Waals surface area contributed by atoms with Crippen molar-refractivity contribution in [2.75, 3.05) is 34.5 Å². The summed E-state index contributed by atoms with van der Waals surface area (Å²) in [6.45, 7) is 9.23. The Morgan fingerprint density at radius 3 is 1.34 bits per heavy atom. The number of hydrogen-bond acceptors (Lipinski definition) is 8. The predicted molar refractivity (Wildman–Crippen MR) is 225 cm³/mol. The van der Waals surface area contributed by atoms with Crippen LogP contribution >= 0.6 is 126 Å². The van der Waals surface area contributed by atoms with E-state index >= 15 is 0 Å². The number of hydrogen-bond donors (Lipinski definition) is 0. The number of halogens is 2. The van der Waals surface area contributed by atoms with Crippen molar-refractivity contribution in [3.8, 4) is 0 Å². The highest BCUT2D eigenvalue weighted by molar-refractivity contribution is 9.11. The zero-order chi connectivity index (χ0) is 31.1. The molecule has 2 saturated heterocycles. The second kappa shape index (κ2) is 18.6. The summed E-state index contributed by atoms with van der Waals surface area (Å²) >= 11 is 25.2. The number of rotatable bonds is 8. The van der Waals surface area contributed by atoms with Crippen LogP contribution in [0.1, 0.15) is 49.9 Å². The lowest BCUT2D eigenvalue weighted by molar-refractivity contribution is 0.989. The van der Waals surface area contributed by atoms with E-state index in [-0.39, 0.29) is 0 Å². The van der Waals surface area contributed by atoms with E-state index in [4.69, 9.17) is 0 Å². The molecule has 0 amide bonds. The van der Waals surface area contributed by atoms with Gasteiger partial charge >= 0.3 is 0 Å². The minimum absolute atomic E-state index is 0.634. The van der Waals surface area contributed by atoms with Crippen molar-refractivity contribution in [3.63, 3.8) is 0 Å². The second-order valence-electron chi connectivity index (χ2n) is 10.8. The molecule has 4 unspecified atom stereocenters. The number of thioether (sulfide) groups is 8. The minimum Gasteiger partial charge on any atom is -0.156 e. The van der Waals surface area contributed by atoms with Gasteiger partial charge in [-0.2, -0.15) is 23.5 Å². The van der Waals surface area contributed by atoms with Gasteiger partial charge < -0.3 is 0 Å². The fraction of sp³-hybridized carbons (Fsp3) is 0.529. The molecule has 0 radical (unpaired) electrons. The van der Waals surface area contributed by atoms with Gasteiger partial charge in [0.1, 0.15) is 0 Å². The van der Waals surface area contributed by atoms with Crippen LogP contribution in [0.2, 0.25) is 0 Å². The van der Waals surface area contributed by atoms with Crippen LogP contribution in [-0.2, 0) is 25.7 Å². The van der Waals surface area contributed by atoms with Crippen LogP contribution in [0.4, 0.5) is 0 Å². The smallest absolute Gasteiger partial charge is 0.0681 e. The molecule has 240 valence electrons. The van der Waals surface area contributed by atoms with Gasteiger partial charge in [-0.05, 0) is 94.2 Å². The van der Waals surface area contributed by atoms with Crippen LogP contribution in [0, 0.1) is 0 Å². The predicted octanol–water partition coefficient (Wildman–Crippen LogP) is 12.9. The van der Waals surface area contributed by atoms with Crippen molar-refractivity contribution < 1.29 is 0 Å². The molecule has 0 spiro atoms. The molecule has 8 rings (SSSR count). The fourth-order valence-electron chi connectivity index (χ4n) is 5.61. The summed E-state index contributed by atoms with van der Waals surface area (Å²) in [6, 6.07) is 14.5. The summed E-state index contributed by atoms with van der Waals surface area (Å²) in [6.07, 6.45) is 4.00. The second-order valence-corrected chi connectivity index (χ2v) is 23.9. The molecule has 4 aliphatic carbocycles. The summed E-state index contributed by atoms with van der Waals surface area (Å²) in [4.78, 5) is 0. The number of benzene rings is 2. The lowest BCUT2D eigenvalue weighted by atomic mass is 9.93. The molecule has 0 N–H and O–H groups in total. The van der Waals surface area contributed by atoms with Crippen LogP contribution in [0.25, 0.3) is 0 Å². The van der Waals surface area contributed by atoms with Gasteiger partial charge in [-0.1, -0.05) is 83.8 Å². The molecular weight excluding hydrogens is 825 g/mol. The molecule has 0 nitrogen and oxygen atoms in total. The Bertz CT molecular complexity index is 1220. The molecular formula is C34H42Br2S8. The third kappa shape index (κ3) is 9.89. The first kappa shape index (κ1) is 36.9. The number of allylic oxidation sites excluding steroid dienone is 2. The maximum Gasteiger partial charge on any atom is 0.0681 e. The van der Waals surface area contributed by atoms with E-state index < -0.39 is 0 Å². The first-order valence-electron chi connectivity index (χ1n) is 15.5. The van der Waals surface area contributed by atoms with Gasteiger partial charge in [-0.25, -0.2) is 0 Å². The van der Waals surface area contributed by atoms with Gasteiger partial charge in [0.05, 0.1) is 9.16 Å². The Kier molecular flexibility index (Phi) is 15.6. The Labute approximate surface area is 317 Å². The molecule has 2 heterocycles. The van der Waals surface area contributed by atoms with Crippen molar-refractivity contribution in [3.05, 3.63) is 87.2 Å². The zero-order valence-electron chi connectivity index (χ0n) is 25.9. The van der Waals surface area contributed by atoms with Crippen LogP contribution in [-0.4, -0.2) is 54.2 Å². The van der Waals surface area contributed by atoms with Crippen LogP contribution in [0.15, 0.2) is 65.0 Å². The highest BCUT2D eigenvalue weighted by atomic mass is 79.9. The Balaban J connectivity index is 1.50. The first-order chi connectivity index (χ1) is 21.4.